The molecule has 2 N–H and O–H groups in total. The molecular formula is C24H24N4O2S2. The average molecular weight is 465 g/mol. The van der Waals surface area contributed by atoms with Gasteiger partial charge in [0.15, 0.2) is 10.9 Å². The quantitative estimate of drug-likeness (QED) is 0.260. The van der Waals surface area contributed by atoms with E-state index in [-0.39, 0.29) is 28.4 Å². The molecule has 4 rings (SSSR count). The molecule has 0 saturated carbocycles. The predicted octanol–water partition coefficient (Wildman–Crippen LogP) is 4.36. The highest BCUT2D eigenvalue weighted by Gasteiger charge is 2.24. The van der Waals surface area contributed by atoms with Crippen molar-refractivity contribution in [2.45, 2.75) is 51.6 Å². The molecule has 164 valence electrons. The van der Waals surface area contributed by atoms with Crippen LogP contribution in [0.1, 0.15) is 41.3 Å². The highest BCUT2D eigenvalue weighted by molar-refractivity contribution is 7.99. The molecule has 2 heterocycles. The standard InChI is InChI=1S/C24H24N4O2S2/c1-13-8-9-18(14(2)10-13)28-23(30)21-16-6-4-5-7-20(16)32-22(21)27-24(28)31-12-19(29)17(11-25)15(3)26/h8-10H,4-7,12,26H2,1-3H3/b17-15+. The first kappa shape index (κ1) is 22.3. The zero-order valence-electron chi connectivity index (χ0n) is 18.3. The summed E-state index contributed by atoms with van der Waals surface area (Å²) in [6.07, 6.45) is 4.08. The van der Waals surface area contributed by atoms with Crippen LogP contribution in [0.5, 0.6) is 0 Å². The van der Waals surface area contributed by atoms with Gasteiger partial charge in [0.2, 0.25) is 0 Å². The lowest BCUT2D eigenvalue weighted by Crippen LogP contribution is -2.23. The van der Waals surface area contributed by atoms with Gasteiger partial charge in [-0.25, -0.2) is 4.98 Å². The molecule has 0 fully saturated rings. The van der Waals surface area contributed by atoms with Crippen LogP contribution in [0.15, 0.2) is 39.4 Å². The maximum atomic E-state index is 13.8. The van der Waals surface area contributed by atoms with E-state index in [9.17, 15) is 14.9 Å². The summed E-state index contributed by atoms with van der Waals surface area (Å²) in [5.74, 6) is -0.393. The SMILES string of the molecule is C/C(N)=C(/C#N)C(=O)CSc1nc2sc3c(c2c(=O)n1-c1ccc(C)cc1C)CCCC3. The Kier molecular flexibility index (Phi) is 6.22. The molecule has 0 amide bonds. The number of benzene rings is 1. The topological polar surface area (TPSA) is 102 Å². The van der Waals surface area contributed by atoms with Gasteiger partial charge in [-0.05, 0) is 63.6 Å². The van der Waals surface area contributed by atoms with Gasteiger partial charge in [0.25, 0.3) is 5.56 Å². The van der Waals surface area contributed by atoms with Gasteiger partial charge in [0, 0.05) is 10.6 Å². The van der Waals surface area contributed by atoms with Crippen LogP contribution in [0.2, 0.25) is 0 Å². The van der Waals surface area contributed by atoms with Gasteiger partial charge in [-0.1, -0.05) is 29.5 Å². The third-order valence-electron chi connectivity index (χ3n) is 5.67. The van der Waals surface area contributed by atoms with Gasteiger partial charge in [0.05, 0.1) is 16.8 Å². The summed E-state index contributed by atoms with van der Waals surface area (Å²) in [6.45, 7) is 5.51. The fourth-order valence-corrected chi connectivity index (χ4v) is 6.30. The molecule has 0 radical (unpaired) electrons. The molecule has 2 aromatic heterocycles. The Morgan fingerprint density at radius 1 is 1.31 bits per heavy atom. The molecule has 1 aliphatic carbocycles. The number of hydrogen-bond donors (Lipinski definition) is 1. The Balaban J connectivity index is 1.89. The highest BCUT2D eigenvalue weighted by Crippen LogP contribution is 2.35. The third kappa shape index (κ3) is 3.98. The van der Waals surface area contributed by atoms with Gasteiger partial charge in [-0.15, -0.1) is 11.3 Å². The zero-order valence-corrected chi connectivity index (χ0v) is 20.0. The average Bonchev–Trinajstić information content (AvgIpc) is 3.12. The first-order valence-corrected chi connectivity index (χ1v) is 12.3. The number of ketones is 1. The predicted molar refractivity (Wildman–Crippen MR) is 130 cm³/mol. The maximum Gasteiger partial charge on any atom is 0.267 e. The number of aryl methyl sites for hydroxylation is 4. The summed E-state index contributed by atoms with van der Waals surface area (Å²) in [4.78, 5) is 33.2. The Hall–Kier alpha value is -2.89. The van der Waals surface area contributed by atoms with Crippen molar-refractivity contribution in [3.05, 3.63) is 61.4 Å². The number of thiophene rings is 1. The molecule has 3 aromatic rings. The number of allylic oxidation sites excluding steroid dienone is 2. The minimum Gasteiger partial charge on any atom is -0.401 e. The number of fused-ring (bicyclic) bond motifs is 3. The second-order valence-corrected chi connectivity index (χ2v) is 10.1. The van der Waals surface area contributed by atoms with Gasteiger partial charge in [-0.2, -0.15) is 5.26 Å². The van der Waals surface area contributed by atoms with Crippen molar-refractivity contribution in [2.24, 2.45) is 5.73 Å². The van der Waals surface area contributed by atoms with Crippen molar-refractivity contribution in [1.82, 2.24) is 9.55 Å². The molecule has 6 nitrogen and oxygen atoms in total. The Labute approximate surface area is 194 Å². The van der Waals surface area contributed by atoms with Crippen molar-refractivity contribution < 1.29 is 4.79 Å². The molecule has 0 aliphatic heterocycles. The molecule has 1 aromatic carbocycles. The summed E-state index contributed by atoms with van der Waals surface area (Å²) in [5.41, 5.74) is 9.69. The van der Waals surface area contributed by atoms with Crippen molar-refractivity contribution >= 4 is 39.1 Å². The molecule has 0 unspecified atom stereocenters. The van der Waals surface area contributed by atoms with E-state index in [2.05, 4.69) is 0 Å². The number of Topliss-reactive ketones (excluding diaryl/α,β-unsaturated/α-hetero) is 1. The number of aromatic nitrogens is 2. The van der Waals surface area contributed by atoms with Gasteiger partial charge in [-0.3, -0.25) is 14.2 Å². The first-order valence-electron chi connectivity index (χ1n) is 10.5. The van der Waals surface area contributed by atoms with E-state index < -0.39 is 0 Å². The molecule has 0 bridgehead atoms. The fourth-order valence-electron chi connectivity index (χ4n) is 4.12. The number of nitrogens with zero attached hydrogens (tertiary/aromatic N) is 3. The van der Waals surface area contributed by atoms with Crippen molar-refractivity contribution in [1.29, 1.82) is 5.26 Å². The number of rotatable bonds is 5. The van der Waals surface area contributed by atoms with Crippen LogP contribution in [-0.2, 0) is 17.6 Å². The molecule has 0 spiro atoms. The number of thioether (sulfide) groups is 1. The van der Waals surface area contributed by atoms with E-state index in [1.807, 2.05) is 38.1 Å². The summed E-state index contributed by atoms with van der Waals surface area (Å²) in [7, 11) is 0. The zero-order chi connectivity index (χ0) is 23.0. The number of carbonyl (C=O) groups is 1. The molecule has 1 aliphatic rings. The van der Waals surface area contributed by atoms with Gasteiger partial charge >= 0.3 is 0 Å². The molecule has 0 atom stereocenters. The third-order valence-corrected chi connectivity index (χ3v) is 7.79. The number of nitriles is 1. The van der Waals surface area contributed by atoms with Gasteiger partial charge < -0.3 is 5.73 Å². The minimum absolute atomic E-state index is 0.0224. The smallest absolute Gasteiger partial charge is 0.267 e. The minimum atomic E-state index is -0.371. The second-order valence-electron chi connectivity index (χ2n) is 8.10. The summed E-state index contributed by atoms with van der Waals surface area (Å²) >= 11 is 2.75. The van der Waals surface area contributed by atoms with Crippen LogP contribution in [0.4, 0.5) is 0 Å². The van der Waals surface area contributed by atoms with Crippen LogP contribution in [0.3, 0.4) is 0 Å². The van der Waals surface area contributed by atoms with Crippen LogP contribution in [0.25, 0.3) is 15.9 Å². The lowest BCUT2D eigenvalue weighted by atomic mass is 9.97. The molecule has 32 heavy (non-hydrogen) atoms. The first-order chi connectivity index (χ1) is 15.3. The lowest BCUT2D eigenvalue weighted by molar-refractivity contribution is -0.112. The Morgan fingerprint density at radius 2 is 2.06 bits per heavy atom. The van der Waals surface area contributed by atoms with Crippen molar-refractivity contribution in [2.75, 3.05) is 5.75 Å². The maximum absolute atomic E-state index is 13.8. The van der Waals surface area contributed by atoms with E-state index in [0.717, 1.165) is 52.9 Å². The van der Waals surface area contributed by atoms with E-state index in [0.29, 0.717) is 10.5 Å². The van der Waals surface area contributed by atoms with Crippen LogP contribution < -0.4 is 11.3 Å². The second kappa shape index (κ2) is 8.93. The van der Waals surface area contributed by atoms with E-state index >= 15 is 0 Å². The summed E-state index contributed by atoms with van der Waals surface area (Å²) in [5, 5.41) is 10.4. The van der Waals surface area contributed by atoms with E-state index in [4.69, 9.17) is 10.7 Å². The highest BCUT2D eigenvalue weighted by atomic mass is 32.2. The van der Waals surface area contributed by atoms with Crippen LogP contribution in [-0.4, -0.2) is 21.1 Å². The van der Waals surface area contributed by atoms with E-state index in [1.54, 1.807) is 15.9 Å². The molecule has 0 saturated heterocycles. The monoisotopic (exact) mass is 464 g/mol. The Morgan fingerprint density at radius 3 is 2.75 bits per heavy atom. The van der Waals surface area contributed by atoms with Crippen LogP contribution in [0, 0.1) is 25.2 Å². The summed E-state index contributed by atoms with van der Waals surface area (Å²) < 4.78 is 1.63. The number of nitrogens with two attached hydrogens (primary N) is 1. The largest absolute Gasteiger partial charge is 0.401 e. The van der Waals surface area contributed by atoms with Gasteiger partial charge in [0.1, 0.15) is 16.5 Å². The van der Waals surface area contributed by atoms with Crippen molar-refractivity contribution in [3.8, 4) is 11.8 Å². The number of carbonyl (C=O) groups excluding carboxylic acids is 1. The number of hydrogen-bond acceptors (Lipinski definition) is 7. The van der Waals surface area contributed by atoms with Crippen molar-refractivity contribution in [3.63, 3.8) is 0 Å². The normalized spacial score (nSPS) is 14.1. The van der Waals surface area contributed by atoms with E-state index in [1.165, 1.54) is 23.6 Å². The lowest BCUT2D eigenvalue weighted by Gasteiger charge is -2.15. The fraction of sp³-hybridized carbons (Fsp3) is 0.333. The summed E-state index contributed by atoms with van der Waals surface area (Å²) in [6, 6.07) is 7.80. The van der Waals surface area contributed by atoms with Crippen LogP contribution >= 0.6 is 23.1 Å². The Bertz CT molecular complexity index is 1370. The molecular weight excluding hydrogens is 440 g/mol. The molecule has 8 heteroatoms.